The number of quaternary nitrogens is 1. The lowest BCUT2D eigenvalue weighted by atomic mass is 10.0. The molecule has 0 spiro atoms. The van der Waals surface area contributed by atoms with E-state index in [1.807, 2.05) is 33.3 Å². The summed E-state index contributed by atoms with van der Waals surface area (Å²) in [6.45, 7) is 6.84. The molecule has 0 aliphatic rings. The molecule has 0 fully saturated rings. The molecular weight excluding hydrogens is 904 g/mol. The Bertz CT molecular complexity index is 1310. The molecule has 1 N–H and O–H groups in total. The molecule has 3 atom stereocenters. The average Bonchev–Trinajstić information content (AvgIpc) is 3.33. The number of hydrogen-bond donors (Lipinski definition) is 1. The van der Waals surface area contributed by atoms with Gasteiger partial charge in [0.1, 0.15) is 19.3 Å². The van der Waals surface area contributed by atoms with Crippen LogP contribution < -0.4 is 10.2 Å². The van der Waals surface area contributed by atoms with Gasteiger partial charge in [0.15, 0.2) is 0 Å². The highest BCUT2D eigenvalue weighted by Crippen LogP contribution is 2.38. The van der Waals surface area contributed by atoms with E-state index in [1.165, 1.54) is 180 Å². The fourth-order valence-electron chi connectivity index (χ4n) is 8.85. The Balaban J connectivity index is 5.29. The van der Waals surface area contributed by atoms with Crippen molar-refractivity contribution in [1.29, 1.82) is 0 Å². The molecule has 0 heterocycles. The monoisotopic (exact) mass is 1020 g/mol. The topological polar surface area (TPSA) is 114 Å². The highest BCUT2D eigenvalue weighted by molar-refractivity contribution is 7.45. The third kappa shape index (κ3) is 52.9. The molecular formula is C61H117N2O7P. The van der Waals surface area contributed by atoms with Crippen LogP contribution in [0.1, 0.15) is 290 Å². The third-order valence-corrected chi connectivity index (χ3v) is 14.5. The van der Waals surface area contributed by atoms with Crippen LogP contribution in [0.4, 0.5) is 0 Å². The summed E-state index contributed by atoms with van der Waals surface area (Å²) in [5.41, 5.74) is 0. The maximum atomic E-state index is 13.5. The Morgan fingerprint density at radius 2 is 0.859 bits per heavy atom. The lowest BCUT2D eigenvalue weighted by Gasteiger charge is -2.30. The van der Waals surface area contributed by atoms with E-state index in [2.05, 4.69) is 50.4 Å². The first kappa shape index (κ1) is 69.2. The summed E-state index contributed by atoms with van der Waals surface area (Å²) in [7, 11) is 1.19. The number of unbranched alkanes of at least 4 members (excludes halogenated alkanes) is 35. The predicted molar refractivity (Wildman–Crippen MR) is 303 cm³/mol. The number of phosphoric acid groups is 1. The molecule has 0 aliphatic carbocycles. The van der Waals surface area contributed by atoms with Gasteiger partial charge in [-0.1, -0.05) is 250 Å². The zero-order chi connectivity index (χ0) is 52.2. The van der Waals surface area contributed by atoms with Crippen LogP contribution in [0, 0.1) is 0 Å². The molecule has 3 unspecified atom stereocenters. The quantitative estimate of drug-likeness (QED) is 0.0212. The maximum Gasteiger partial charge on any atom is 0.306 e. The summed E-state index contributed by atoms with van der Waals surface area (Å²) in [6, 6.07) is -0.886. The fourth-order valence-corrected chi connectivity index (χ4v) is 9.57. The fraction of sp³-hybridized carbons (Fsp3) is 0.869. The lowest BCUT2D eigenvalue weighted by molar-refractivity contribution is -0.870. The Labute approximate surface area is 440 Å². The molecule has 0 aromatic rings. The first-order valence-electron chi connectivity index (χ1n) is 30.3. The van der Waals surface area contributed by atoms with Crippen molar-refractivity contribution >= 4 is 19.7 Å². The van der Waals surface area contributed by atoms with E-state index in [0.29, 0.717) is 17.4 Å². The molecule has 0 bridgehead atoms. The number of carbonyl (C=O) groups is 2. The van der Waals surface area contributed by atoms with Crippen molar-refractivity contribution in [1.82, 2.24) is 5.32 Å². The van der Waals surface area contributed by atoms with Gasteiger partial charge in [-0.2, -0.15) is 0 Å². The number of phosphoric ester groups is 1. The highest BCUT2D eigenvalue weighted by atomic mass is 31.2. The number of nitrogens with zero attached hydrogens (tertiary/aromatic N) is 1. The largest absolute Gasteiger partial charge is 0.756 e. The van der Waals surface area contributed by atoms with Gasteiger partial charge in [0.05, 0.1) is 33.8 Å². The minimum atomic E-state index is -4.69. The number of esters is 1. The van der Waals surface area contributed by atoms with Gasteiger partial charge in [0, 0.05) is 12.8 Å². The van der Waals surface area contributed by atoms with Crippen molar-refractivity contribution in [2.75, 3.05) is 40.9 Å². The molecule has 0 aliphatic heterocycles. The Kier molecular flexibility index (Phi) is 50.4. The Hall–Kier alpha value is -1.77. The molecule has 0 rings (SSSR count). The number of hydrogen-bond acceptors (Lipinski definition) is 7. The summed E-state index contributed by atoms with van der Waals surface area (Å²) in [5.74, 6) is -0.538. The van der Waals surface area contributed by atoms with Crippen LogP contribution in [0.5, 0.6) is 0 Å². The summed E-state index contributed by atoms with van der Waals surface area (Å²) in [6.07, 6.45) is 61.0. The van der Waals surface area contributed by atoms with Crippen LogP contribution in [0.25, 0.3) is 0 Å². The molecule has 0 saturated heterocycles. The molecule has 10 heteroatoms. The number of ether oxygens (including phenoxy) is 1. The maximum absolute atomic E-state index is 13.5. The molecule has 0 aromatic heterocycles. The molecule has 71 heavy (non-hydrogen) atoms. The van der Waals surface area contributed by atoms with Gasteiger partial charge >= 0.3 is 5.97 Å². The van der Waals surface area contributed by atoms with Crippen molar-refractivity contribution in [3.8, 4) is 0 Å². The number of carbonyl (C=O) groups excluding carboxylic acids is 2. The van der Waals surface area contributed by atoms with E-state index < -0.39 is 20.0 Å². The minimum absolute atomic E-state index is 0.0214. The Morgan fingerprint density at radius 1 is 0.493 bits per heavy atom. The minimum Gasteiger partial charge on any atom is -0.756 e. The predicted octanol–water partition coefficient (Wildman–Crippen LogP) is 17.7. The van der Waals surface area contributed by atoms with Crippen LogP contribution in [-0.2, 0) is 27.9 Å². The third-order valence-electron chi connectivity index (χ3n) is 13.6. The van der Waals surface area contributed by atoms with Crippen LogP contribution in [0.3, 0.4) is 0 Å². The van der Waals surface area contributed by atoms with Gasteiger partial charge in [-0.25, -0.2) is 0 Å². The molecule has 1 amide bonds. The van der Waals surface area contributed by atoms with Crippen molar-refractivity contribution in [2.24, 2.45) is 0 Å². The number of rotatable bonds is 55. The van der Waals surface area contributed by atoms with Crippen LogP contribution >= 0.6 is 7.82 Å². The summed E-state index contributed by atoms with van der Waals surface area (Å²) >= 11 is 0. The highest BCUT2D eigenvalue weighted by Gasteiger charge is 2.27. The number of amides is 1. The average molecular weight is 1020 g/mol. The van der Waals surface area contributed by atoms with Gasteiger partial charge in [-0.15, -0.1) is 0 Å². The SMILES string of the molecule is CCCCC/C=C\C/C=C\CCCCCCCCCC(=O)OC(/C=C/CCCCCCCCCCCC)C(COP(=O)([O-])OCC[N+](C)(C)C)NC(=O)CCCCCCCCCCCCCCCCCC. The Morgan fingerprint density at radius 3 is 1.30 bits per heavy atom. The van der Waals surface area contributed by atoms with Gasteiger partial charge in [0.25, 0.3) is 7.82 Å². The van der Waals surface area contributed by atoms with E-state index in [1.54, 1.807) is 0 Å². The molecule has 0 aromatic carbocycles. The van der Waals surface area contributed by atoms with Crippen molar-refractivity contribution in [3.63, 3.8) is 0 Å². The summed E-state index contributed by atoms with van der Waals surface area (Å²) in [5, 5.41) is 3.03. The normalized spacial score (nSPS) is 14.0. The molecule has 0 radical (unpaired) electrons. The van der Waals surface area contributed by atoms with Gasteiger partial charge < -0.3 is 28.5 Å². The van der Waals surface area contributed by atoms with E-state index >= 15 is 0 Å². The van der Waals surface area contributed by atoms with Gasteiger partial charge in [0.2, 0.25) is 5.91 Å². The standard InChI is InChI=1S/C61H117N2O7P/c1-7-10-13-16-19-22-25-28-30-32-34-36-39-42-45-48-51-54-61(65)70-59(52-49-46-43-40-37-27-24-21-18-15-12-9-3)58(57-69-71(66,67)68-56-55-63(4,5)6)62-60(64)53-50-47-44-41-38-35-33-31-29-26-23-20-17-14-11-8-2/h19,22,28,30,49,52,58-59H,7-18,20-21,23-27,29,31-48,50-51,53-57H2,1-6H3,(H-,62,64,66,67)/b22-19-,30-28-,52-49+. The first-order chi connectivity index (χ1) is 34.4. The second-order valence-electron chi connectivity index (χ2n) is 21.9. The summed E-state index contributed by atoms with van der Waals surface area (Å²) < 4.78 is 30.3. The van der Waals surface area contributed by atoms with E-state index in [-0.39, 0.29) is 31.5 Å². The number of allylic oxidation sites excluding steroid dienone is 5. The lowest BCUT2D eigenvalue weighted by Crippen LogP contribution is -2.47. The van der Waals surface area contributed by atoms with Gasteiger partial charge in [-0.3, -0.25) is 14.2 Å². The smallest absolute Gasteiger partial charge is 0.306 e. The van der Waals surface area contributed by atoms with Gasteiger partial charge in [-0.05, 0) is 63.9 Å². The second kappa shape index (κ2) is 51.7. The number of likely N-dealkylation sites (N-methyl/N-ethyl adjacent to an activating group) is 1. The van der Waals surface area contributed by atoms with Crippen LogP contribution in [0.2, 0.25) is 0 Å². The van der Waals surface area contributed by atoms with Crippen molar-refractivity contribution in [3.05, 3.63) is 36.5 Å². The van der Waals surface area contributed by atoms with E-state index in [0.717, 1.165) is 77.0 Å². The van der Waals surface area contributed by atoms with Crippen molar-refractivity contribution in [2.45, 2.75) is 303 Å². The molecule has 0 saturated carbocycles. The zero-order valence-corrected chi connectivity index (χ0v) is 48.6. The number of nitrogens with one attached hydrogen (secondary N) is 1. The van der Waals surface area contributed by atoms with E-state index in [9.17, 15) is 19.0 Å². The first-order valence-corrected chi connectivity index (χ1v) is 31.8. The van der Waals surface area contributed by atoms with Crippen molar-refractivity contribution < 1.29 is 37.3 Å². The van der Waals surface area contributed by atoms with Crippen LogP contribution in [0.15, 0.2) is 36.5 Å². The van der Waals surface area contributed by atoms with Crippen LogP contribution in [-0.4, -0.2) is 69.4 Å². The molecule has 418 valence electrons. The second-order valence-corrected chi connectivity index (χ2v) is 23.3. The summed E-state index contributed by atoms with van der Waals surface area (Å²) in [4.78, 5) is 39.9. The van der Waals surface area contributed by atoms with E-state index in [4.69, 9.17) is 13.8 Å². The molecule has 9 nitrogen and oxygen atoms in total. The zero-order valence-electron chi connectivity index (χ0n) is 47.7.